The smallest absolute Gasteiger partial charge is 0.234 e. The van der Waals surface area contributed by atoms with Crippen LogP contribution >= 0.6 is 39.3 Å². The van der Waals surface area contributed by atoms with E-state index in [1.54, 1.807) is 24.5 Å². The Labute approximate surface area is 203 Å². The van der Waals surface area contributed by atoms with Crippen LogP contribution in [0.3, 0.4) is 0 Å². The zero-order chi connectivity index (χ0) is 22.5. The second-order valence-electron chi connectivity index (χ2n) is 6.86. The van der Waals surface area contributed by atoms with E-state index in [0.29, 0.717) is 21.7 Å². The quantitative estimate of drug-likeness (QED) is 0.296. The molecule has 4 aromatic rings. The van der Waals surface area contributed by atoms with Gasteiger partial charge < -0.3 is 5.32 Å². The van der Waals surface area contributed by atoms with Gasteiger partial charge in [-0.1, -0.05) is 58.3 Å². The molecule has 1 N–H and O–H groups in total. The zero-order valence-corrected chi connectivity index (χ0v) is 20.3. The Morgan fingerprint density at radius 2 is 1.84 bits per heavy atom. The number of pyridine rings is 1. The number of hydrogen-bond acceptors (Lipinski definition) is 5. The summed E-state index contributed by atoms with van der Waals surface area (Å²) in [5.41, 5.74) is 3.63. The minimum absolute atomic E-state index is 0.161. The number of rotatable bonds is 7. The van der Waals surface area contributed by atoms with Crippen LogP contribution in [0.15, 0.2) is 76.6 Å². The summed E-state index contributed by atoms with van der Waals surface area (Å²) in [6.07, 6.45) is 4.40. The average molecular weight is 529 g/mol. The number of nitrogens with zero attached hydrogens (tertiary/aromatic N) is 4. The number of thioether (sulfide) groups is 1. The second kappa shape index (κ2) is 10.3. The lowest BCUT2D eigenvalue weighted by atomic mass is 10.1. The van der Waals surface area contributed by atoms with Crippen molar-refractivity contribution < 1.29 is 4.79 Å². The monoisotopic (exact) mass is 527 g/mol. The molecule has 0 aliphatic heterocycles. The predicted molar refractivity (Wildman–Crippen MR) is 132 cm³/mol. The fourth-order valence-electron chi connectivity index (χ4n) is 3.07. The lowest BCUT2D eigenvalue weighted by molar-refractivity contribution is -0.113. The van der Waals surface area contributed by atoms with Crippen molar-refractivity contribution >= 4 is 50.9 Å². The molecule has 162 valence electrons. The van der Waals surface area contributed by atoms with Crippen LogP contribution in [0.1, 0.15) is 12.5 Å². The Morgan fingerprint density at radius 1 is 1.09 bits per heavy atom. The summed E-state index contributed by atoms with van der Waals surface area (Å²) in [6, 6.07) is 17.3. The predicted octanol–water partition coefficient (Wildman–Crippen LogP) is 6.04. The van der Waals surface area contributed by atoms with Crippen molar-refractivity contribution in [3.63, 3.8) is 0 Å². The van der Waals surface area contributed by atoms with Gasteiger partial charge in [-0.2, -0.15) is 0 Å². The van der Waals surface area contributed by atoms with Gasteiger partial charge in [-0.3, -0.25) is 14.3 Å². The number of hydrogen-bond donors (Lipinski definition) is 1. The maximum absolute atomic E-state index is 12.6. The summed E-state index contributed by atoms with van der Waals surface area (Å²) in [4.78, 5) is 16.6. The van der Waals surface area contributed by atoms with Gasteiger partial charge in [0.1, 0.15) is 0 Å². The average Bonchev–Trinajstić information content (AvgIpc) is 3.24. The van der Waals surface area contributed by atoms with Crippen molar-refractivity contribution in [1.29, 1.82) is 0 Å². The number of carbonyl (C=O) groups is 1. The molecule has 6 nitrogen and oxygen atoms in total. The Bertz CT molecular complexity index is 1230. The van der Waals surface area contributed by atoms with E-state index in [-0.39, 0.29) is 11.7 Å². The van der Waals surface area contributed by atoms with Crippen LogP contribution in [-0.4, -0.2) is 31.4 Å². The van der Waals surface area contributed by atoms with Crippen LogP contribution in [0.25, 0.3) is 17.1 Å². The molecule has 0 aliphatic rings. The third-order valence-corrected chi connectivity index (χ3v) is 6.45. The highest BCUT2D eigenvalue weighted by atomic mass is 79.9. The first kappa shape index (κ1) is 22.5. The van der Waals surface area contributed by atoms with Crippen LogP contribution in [0.4, 0.5) is 5.69 Å². The number of anilines is 1. The van der Waals surface area contributed by atoms with Crippen molar-refractivity contribution in [1.82, 2.24) is 19.7 Å². The van der Waals surface area contributed by atoms with Crippen molar-refractivity contribution in [2.24, 2.45) is 0 Å². The maximum atomic E-state index is 12.6. The van der Waals surface area contributed by atoms with E-state index in [1.165, 1.54) is 17.3 Å². The molecule has 2 aromatic carbocycles. The number of amides is 1. The summed E-state index contributed by atoms with van der Waals surface area (Å²) in [6.45, 7) is 2.12. The van der Waals surface area contributed by atoms with Crippen molar-refractivity contribution in [3.8, 4) is 17.1 Å². The molecular weight excluding hydrogens is 510 g/mol. The lowest BCUT2D eigenvalue weighted by Crippen LogP contribution is -2.15. The van der Waals surface area contributed by atoms with Crippen LogP contribution in [0.5, 0.6) is 0 Å². The van der Waals surface area contributed by atoms with Gasteiger partial charge in [0.2, 0.25) is 5.91 Å². The molecule has 0 unspecified atom stereocenters. The third-order valence-electron chi connectivity index (χ3n) is 4.71. The fourth-order valence-corrected chi connectivity index (χ4v) is 4.54. The lowest BCUT2D eigenvalue weighted by Gasteiger charge is -2.11. The highest BCUT2D eigenvalue weighted by Crippen LogP contribution is 2.29. The molecule has 0 spiro atoms. The summed E-state index contributed by atoms with van der Waals surface area (Å²) >= 11 is 10.9. The van der Waals surface area contributed by atoms with E-state index in [1.807, 2.05) is 34.9 Å². The Hall–Kier alpha value is -2.68. The molecule has 2 aromatic heterocycles. The maximum Gasteiger partial charge on any atom is 0.234 e. The molecule has 0 fully saturated rings. The Balaban J connectivity index is 1.59. The molecule has 2 heterocycles. The van der Waals surface area contributed by atoms with Gasteiger partial charge >= 0.3 is 0 Å². The van der Waals surface area contributed by atoms with E-state index in [9.17, 15) is 4.79 Å². The molecule has 0 saturated carbocycles. The number of aromatic nitrogens is 4. The van der Waals surface area contributed by atoms with Gasteiger partial charge in [-0.15, -0.1) is 10.2 Å². The summed E-state index contributed by atoms with van der Waals surface area (Å²) < 4.78 is 2.81. The molecular formula is C23H19BrClN5OS. The number of benzene rings is 2. The molecule has 4 rings (SSSR count). The van der Waals surface area contributed by atoms with Gasteiger partial charge in [0.15, 0.2) is 11.0 Å². The van der Waals surface area contributed by atoms with E-state index in [4.69, 9.17) is 11.6 Å². The van der Waals surface area contributed by atoms with Crippen LogP contribution in [0, 0.1) is 0 Å². The Morgan fingerprint density at radius 3 is 2.53 bits per heavy atom. The van der Waals surface area contributed by atoms with Crippen LogP contribution in [0.2, 0.25) is 5.02 Å². The molecule has 9 heteroatoms. The highest BCUT2D eigenvalue weighted by Gasteiger charge is 2.17. The molecule has 32 heavy (non-hydrogen) atoms. The number of carbonyl (C=O) groups excluding carboxylic acids is 1. The molecule has 0 aliphatic carbocycles. The normalized spacial score (nSPS) is 10.8. The minimum atomic E-state index is -0.180. The number of aryl methyl sites for hydroxylation is 1. The Kier molecular flexibility index (Phi) is 7.24. The first-order valence-electron chi connectivity index (χ1n) is 9.88. The molecule has 0 saturated heterocycles. The van der Waals surface area contributed by atoms with Crippen LogP contribution in [-0.2, 0) is 11.2 Å². The van der Waals surface area contributed by atoms with Gasteiger partial charge in [-0.25, -0.2) is 0 Å². The fraction of sp³-hybridized carbons (Fsp3) is 0.130. The third kappa shape index (κ3) is 5.20. The van der Waals surface area contributed by atoms with E-state index < -0.39 is 0 Å². The first-order valence-corrected chi connectivity index (χ1v) is 12.0. The summed E-state index contributed by atoms with van der Waals surface area (Å²) in [7, 11) is 0. The molecule has 0 atom stereocenters. The first-order chi connectivity index (χ1) is 15.5. The van der Waals surface area contributed by atoms with Gasteiger partial charge in [0.25, 0.3) is 0 Å². The van der Waals surface area contributed by atoms with Crippen molar-refractivity contribution in [2.75, 3.05) is 11.1 Å². The van der Waals surface area contributed by atoms with Crippen molar-refractivity contribution in [2.45, 2.75) is 18.5 Å². The molecule has 0 radical (unpaired) electrons. The van der Waals surface area contributed by atoms with Gasteiger partial charge in [0, 0.05) is 28.1 Å². The standard InChI is InChI=1S/C23H19BrClN5OS/c1-2-15-3-6-18(7-4-15)30-22(16-9-11-26-12-10-16)28-29-23(30)32-14-21(31)27-20-8-5-17(24)13-19(20)25/h3-13H,2,14H2,1H3,(H,27,31). The molecule has 0 bridgehead atoms. The minimum Gasteiger partial charge on any atom is -0.324 e. The number of halogens is 2. The van der Waals surface area contributed by atoms with Gasteiger partial charge in [0.05, 0.1) is 16.5 Å². The second-order valence-corrected chi connectivity index (χ2v) is 9.12. The van der Waals surface area contributed by atoms with E-state index in [0.717, 1.165) is 22.1 Å². The largest absolute Gasteiger partial charge is 0.324 e. The van der Waals surface area contributed by atoms with Crippen LogP contribution < -0.4 is 5.32 Å². The van der Waals surface area contributed by atoms with Gasteiger partial charge in [-0.05, 0) is 54.4 Å². The van der Waals surface area contributed by atoms with E-state index in [2.05, 4.69) is 55.5 Å². The summed E-state index contributed by atoms with van der Waals surface area (Å²) in [5.74, 6) is 0.671. The number of nitrogens with one attached hydrogen (secondary N) is 1. The van der Waals surface area contributed by atoms with Crippen molar-refractivity contribution in [3.05, 3.63) is 82.0 Å². The SMILES string of the molecule is CCc1ccc(-n2c(SCC(=O)Nc3ccc(Br)cc3Cl)nnc2-c2ccncc2)cc1. The van der Waals surface area contributed by atoms with E-state index >= 15 is 0 Å². The summed E-state index contributed by atoms with van der Waals surface area (Å²) in [5, 5.41) is 12.7. The highest BCUT2D eigenvalue weighted by molar-refractivity contribution is 9.10. The zero-order valence-electron chi connectivity index (χ0n) is 17.1. The molecule has 1 amide bonds. The topological polar surface area (TPSA) is 72.7 Å².